The molecular weight excluding hydrogens is 386 g/mol. The van der Waals surface area contributed by atoms with E-state index in [1.165, 1.54) is 0 Å². The van der Waals surface area contributed by atoms with E-state index >= 15 is 0 Å². The van der Waals surface area contributed by atoms with Crippen LogP contribution in [-0.4, -0.2) is 14.0 Å². The lowest BCUT2D eigenvalue weighted by atomic mass is 10.1. The van der Waals surface area contributed by atoms with Crippen molar-refractivity contribution in [1.29, 1.82) is 0 Å². The van der Waals surface area contributed by atoms with Crippen molar-refractivity contribution in [2.24, 2.45) is 0 Å². The predicted molar refractivity (Wildman–Crippen MR) is 123 cm³/mol. The van der Waals surface area contributed by atoms with E-state index < -0.39 is 0 Å². The van der Waals surface area contributed by atoms with E-state index in [1.807, 2.05) is 48.5 Å². The topological polar surface area (TPSA) is 52.4 Å². The molecule has 0 atom stereocenters. The van der Waals surface area contributed by atoms with E-state index in [-0.39, 0.29) is 5.56 Å². The van der Waals surface area contributed by atoms with Crippen molar-refractivity contribution in [2.45, 2.75) is 0 Å². The van der Waals surface area contributed by atoms with E-state index in [0.29, 0.717) is 16.8 Å². The number of nitrogens with zero attached hydrogens (tertiary/aromatic N) is 3. The summed E-state index contributed by atoms with van der Waals surface area (Å²) in [6.45, 7) is 0. The first-order chi connectivity index (χ1) is 15.3. The maximum atomic E-state index is 13.5. The second-order valence-corrected chi connectivity index (χ2v) is 7.65. The quantitative estimate of drug-likeness (QED) is 0.355. The van der Waals surface area contributed by atoms with Crippen molar-refractivity contribution in [3.63, 3.8) is 0 Å². The number of benzene rings is 4. The van der Waals surface area contributed by atoms with Gasteiger partial charge in [0.1, 0.15) is 5.58 Å². The van der Waals surface area contributed by atoms with Crippen LogP contribution >= 0.6 is 0 Å². The number of para-hydroxylation sites is 3. The zero-order valence-corrected chi connectivity index (χ0v) is 16.3. The summed E-state index contributed by atoms with van der Waals surface area (Å²) in [6.07, 6.45) is 0. The Morgan fingerprint density at radius 3 is 2.32 bits per heavy atom. The van der Waals surface area contributed by atoms with Crippen LogP contribution in [0.25, 0.3) is 55.3 Å². The normalized spacial score (nSPS) is 12.0. The standard InChI is InChI=1S/C26H15N3O2/c30-25-18-11-5-7-13-22(18)31-26-27-19-14-15-21-23(24(19)29(25)26)17-10-4-6-12-20(17)28(21)16-8-2-1-3-9-16/h1-15H. The van der Waals surface area contributed by atoms with Crippen LogP contribution in [0.3, 0.4) is 0 Å². The van der Waals surface area contributed by atoms with Gasteiger partial charge in [0.25, 0.3) is 5.56 Å². The molecule has 0 aliphatic carbocycles. The fourth-order valence-electron chi connectivity index (χ4n) is 4.66. The zero-order chi connectivity index (χ0) is 20.5. The van der Waals surface area contributed by atoms with Gasteiger partial charge in [0.15, 0.2) is 0 Å². The van der Waals surface area contributed by atoms with Crippen molar-refractivity contribution in [1.82, 2.24) is 14.0 Å². The molecule has 5 nitrogen and oxygen atoms in total. The Morgan fingerprint density at radius 2 is 1.45 bits per heavy atom. The SMILES string of the molecule is O=c1c2ccccc2oc2nc3ccc4c(c5ccccc5n4-c4ccccc4)c3n12. The Morgan fingerprint density at radius 1 is 0.710 bits per heavy atom. The summed E-state index contributed by atoms with van der Waals surface area (Å²) in [4.78, 5) is 18.1. The molecular formula is C26H15N3O2. The van der Waals surface area contributed by atoms with Crippen molar-refractivity contribution in [2.75, 3.05) is 0 Å². The minimum atomic E-state index is -0.122. The molecule has 0 aliphatic rings. The van der Waals surface area contributed by atoms with Gasteiger partial charge in [-0.1, -0.05) is 48.5 Å². The number of aromatic nitrogens is 3. The van der Waals surface area contributed by atoms with E-state index in [9.17, 15) is 4.79 Å². The zero-order valence-electron chi connectivity index (χ0n) is 16.3. The van der Waals surface area contributed by atoms with Crippen LogP contribution in [0.5, 0.6) is 0 Å². The van der Waals surface area contributed by atoms with Gasteiger partial charge in [-0.2, -0.15) is 4.98 Å². The third kappa shape index (κ3) is 2.09. The molecule has 0 fully saturated rings. The highest BCUT2D eigenvalue weighted by Gasteiger charge is 2.20. The fraction of sp³-hybridized carbons (Fsp3) is 0. The molecule has 0 radical (unpaired) electrons. The number of hydrogen-bond donors (Lipinski definition) is 0. The van der Waals surface area contributed by atoms with Gasteiger partial charge < -0.3 is 8.98 Å². The van der Waals surface area contributed by atoms with Crippen LogP contribution in [0.1, 0.15) is 0 Å². The molecule has 146 valence electrons. The summed E-state index contributed by atoms with van der Waals surface area (Å²) in [5, 5.41) is 2.60. The van der Waals surface area contributed by atoms with E-state index in [4.69, 9.17) is 4.42 Å². The highest BCUT2D eigenvalue weighted by atomic mass is 16.3. The third-order valence-electron chi connectivity index (χ3n) is 5.96. The van der Waals surface area contributed by atoms with Crippen LogP contribution < -0.4 is 5.56 Å². The van der Waals surface area contributed by atoms with Crippen LogP contribution in [0.2, 0.25) is 0 Å². The van der Waals surface area contributed by atoms with Crippen molar-refractivity contribution in [3.05, 3.63) is 101 Å². The Labute approximate surface area is 175 Å². The number of rotatable bonds is 1. The largest absolute Gasteiger partial charge is 0.424 e. The molecule has 3 aromatic heterocycles. The van der Waals surface area contributed by atoms with Crippen molar-refractivity contribution in [3.8, 4) is 5.69 Å². The Hall–Kier alpha value is -4.38. The summed E-state index contributed by atoms with van der Waals surface area (Å²) in [5.41, 5.74) is 5.10. The molecule has 0 bridgehead atoms. The van der Waals surface area contributed by atoms with Gasteiger partial charge in [0, 0.05) is 16.5 Å². The minimum absolute atomic E-state index is 0.122. The monoisotopic (exact) mass is 401 g/mol. The van der Waals surface area contributed by atoms with Gasteiger partial charge >= 0.3 is 5.84 Å². The maximum Gasteiger partial charge on any atom is 0.310 e. The number of imidazole rings is 1. The second kappa shape index (κ2) is 5.83. The Balaban J connectivity index is 1.78. The van der Waals surface area contributed by atoms with Gasteiger partial charge in [-0.15, -0.1) is 0 Å². The summed E-state index contributed by atoms with van der Waals surface area (Å²) in [5.74, 6) is 0.308. The molecule has 0 spiro atoms. The van der Waals surface area contributed by atoms with Crippen LogP contribution in [-0.2, 0) is 0 Å². The van der Waals surface area contributed by atoms with E-state index in [1.54, 1.807) is 16.5 Å². The Kier molecular flexibility index (Phi) is 3.09. The van der Waals surface area contributed by atoms with E-state index in [0.717, 1.165) is 38.5 Å². The molecule has 7 rings (SSSR count). The average molecular weight is 401 g/mol. The molecule has 0 saturated carbocycles. The molecule has 7 aromatic rings. The molecule has 0 aliphatic heterocycles. The van der Waals surface area contributed by atoms with E-state index in [2.05, 4.69) is 39.9 Å². The number of fused-ring (bicyclic) bond motifs is 8. The maximum absolute atomic E-state index is 13.5. The highest BCUT2D eigenvalue weighted by molar-refractivity contribution is 6.20. The fourth-order valence-corrected chi connectivity index (χ4v) is 4.66. The average Bonchev–Trinajstić information content (AvgIpc) is 3.35. The first-order valence-electron chi connectivity index (χ1n) is 10.1. The summed E-state index contributed by atoms with van der Waals surface area (Å²) in [6, 6.07) is 29.8. The lowest BCUT2D eigenvalue weighted by Crippen LogP contribution is -2.12. The highest BCUT2D eigenvalue weighted by Crippen LogP contribution is 2.36. The van der Waals surface area contributed by atoms with Gasteiger partial charge in [0.2, 0.25) is 0 Å². The molecule has 3 heterocycles. The van der Waals surface area contributed by atoms with Crippen molar-refractivity contribution < 1.29 is 4.42 Å². The lowest BCUT2D eigenvalue weighted by Gasteiger charge is -2.07. The summed E-state index contributed by atoms with van der Waals surface area (Å²) < 4.78 is 9.85. The van der Waals surface area contributed by atoms with Gasteiger partial charge in [-0.25, -0.2) is 4.40 Å². The third-order valence-corrected chi connectivity index (χ3v) is 5.96. The molecule has 5 heteroatoms. The minimum Gasteiger partial charge on any atom is -0.424 e. The van der Waals surface area contributed by atoms with Gasteiger partial charge in [-0.3, -0.25) is 4.79 Å². The second-order valence-electron chi connectivity index (χ2n) is 7.65. The molecule has 31 heavy (non-hydrogen) atoms. The summed E-state index contributed by atoms with van der Waals surface area (Å²) >= 11 is 0. The first-order valence-corrected chi connectivity index (χ1v) is 10.1. The molecule has 4 aromatic carbocycles. The first kappa shape index (κ1) is 16.4. The Bertz CT molecular complexity index is 1860. The summed E-state index contributed by atoms with van der Waals surface area (Å²) in [7, 11) is 0. The molecule has 0 saturated heterocycles. The van der Waals surface area contributed by atoms with Crippen LogP contribution in [0, 0.1) is 0 Å². The van der Waals surface area contributed by atoms with Crippen molar-refractivity contribution >= 4 is 49.7 Å². The number of hydrogen-bond acceptors (Lipinski definition) is 3. The molecule has 0 unspecified atom stereocenters. The van der Waals surface area contributed by atoms with Crippen LogP contribution in [0.4, 0.5) is 0 Å². The lowest BCUT2D eigenvalue weighted by molar-refractivity contribution is 0.616. The molecule has 0 amide bonds. The smallest absolute Gasteiger partial charge is 0.310 e. The van der Waals surface area contributed by atoms with Gasteiger partial charge in [0.05, 0.1) is 27.5 Å². The van der Waals surface area contributed by atoms with Gasteiger partial charge in [-0.05, 0) is 42.5 Å². The van der Waals surface area contributed by atoms with Crippen LogP contribution in [0.15, 0.2) is 100 Å². The molecule has 0 N–H and O–H groups in total. The predicted octanol–water partition coefficient (Wildman–Crippen LogP) is 5.69.